The van der Waals surface area contributed by atoms with Crippen molar-refractivity contribution in [1.29, 1.82) is 0 Å². The van der Waals surface area contributed by atoms with E-state index in [0.717, 1.165) is 30.7 Å². The number of fused-ring (bicyclic) bond motifs is 3. The topological polar surface area (TPSA) is 20.2 Å². The molecule has 1 atom stereocenters. The van der Waals surface area contributed by atoms with Gasteiger partial charge in [-0.05, 0) is 39.9 Å². The zero-order valence-corrected chi connectivity index (χ0v) is 15.2. The maximum absolute atomic E-state index is 10.3. The molecule has 0 aliphatic rings. The molecule has 0 saturated carbocycles. The van der Waals surface area contributed by atoms with Gasteiger partial charge in [-0.15, -0.1) is 0 Å². The van der Waals surface area contributed by atoms with Gasteiger partial charge in [0.1, 0.15) is 0 Å². The molecule has 0 saturated heterocycles. The van der Waals surface area contributed by atoms with Gasteiger partial charge in [-0.3, -0.25) is 0 Å². The summed E-state index contributed by atoms with van der Waals surface area (Å²) in [5, 5.41) is 15.3. The fraction of sp³-hybridized carbons (Fsp3) is 0.125. The van der Waals surface area contributed by atoms with Crippen molar-refractivity contribution in [2.24, 2.45) is 0 Å². The fourth-order valence-corrected chi connectivity index (χ4v) is 4.37. The normalized spacial score (nSPS) is 13.0. The summed E-state index contributed by atoms with van der Waals surface area (Å²) >= 11 is 10.5. The molecule has 3 rings (SSSR count). The average Bonchev–Trinajstić information content (AvgIpc) is 2.44. The van der Waals surface area contributed by atoms with Crippen molar-refractivity contribution in [2.45, 2.75) is 6.10 Å². The molecule has 0 fully saturated rings. The lowest BCUT2D eigenvalue weighted by molar-refractivity contribution is 0.207. The van der Waals surface area contributed by atoms with E-state index in [1.807, 2.05) is 12.1 Å². The monoisotopic (exact) mass is 456 g/mol. The number of halogens is 3. The second-order valence-electron chi connectivity index (χ2n) is 4.67. The molecular formula is C16H11Br3O. The van der Waals surface area contributed by atoms with Crippen molar-refractivity contribution in [2.75, 3.05) is 5.33 Å². The van der Waals surface area contributed by atoms with Crippen molar-refractivity contribution in [3.8, 4) is 0 Å². The Hall–Kier alpha value is -0.420. The van der Waals surface area contributed by atoms with Crippen LogP contribution in [0, 0.1) is 0 Å². The lowest BCUT2D eigenvalue weighted by Gasteiger charge is -2.15. The maximum atomic E-state index is 10.3. The van der Waals surface area contributed by atoms with E-state index in [0.29, 0.717) is 5.33 Å². The third-order valence-corrected chi connectivity index (χ3v) is 5.11. The summed E-state index contributed by atoms with van der Waals surface area (Å²) in [5.41, 5.74) is 0.954. The van der Waals surface area contributed by atoms with Crippen molar-refractivity contribution in [3.63, 3.8) is 0 Å². The highest BCUT2D eigenvalue weighted by Crippen LogP contribution is 2.37. The first-order valence-electron chi connectivity index (χ1n) is 6.16. The van der Waals surface area contributed by atoms with Gasteiger partial charge in [0.15, 0.2) is 0 Å². The van der Waals surface area contributed by atoms with Crippen molar-refractivity contribution in [1.82, 2.24) is 0 Å². The first kappa shape index (κ1) is 14.5. The molecule has 0 heterocycles. The molecule has 0 radical (unpaired) electrons. The Balaban J connectivity index is 2.51. The number of hydrogen-bond donors (Lipinski definition) is 1. The van der Waals surface area contributed by atoms with Gasteiger partial charge in [0.05, 0.1) is 6.10 Å². The Morgan fingerprint density at radius 1 is 1.00 bits per heavy atom. The van der Waals surface area contributed by atoms with E-state index in [4.69, 9.17) is 0 Å². The number of hydrogen-bond acceptors (Lipinski definition) is 1. The lowest BCUT2D eigenvalue weighted by Crippen LogP contribution is -2.00. The number of rotatable bonds is 2. The van der Waals surface area contributed by atoms with Crippen LogP contribution in [0.2, 0.25) is 0 Å². The Morgan fingerprint density at radius 3 is 2.40 bits per heavy atom. The molecule has 102 valence electrons. The lowest BCUT2D eigenvalue weighted by atomic mass is 9.95. The summed E-state index contributed by atoms with van der Waals surface area (Å²) in [4.78, 5) is 0. The first-order valence-corrected chi connectivity index (χ1v) is 8.87. The molecule has 0 spiro atoms. The molecule has 0 amide bonds. The molecule has 0 unspecified atom stereocenters. The van der Waals surface area contributed by atoms with Crippen molar-refractivity contribution < 1.29 is 5.11 Å². The number of aliphatic hydroxyl groups excluding tert-OH is 1. The maximum Gasteiger partial charge on any atom is 0.0893 e. The molecule has 3 aromatic rings. The van der Waals surface area contributed by atoms with Gasteiger partial charge in [0, 0.05) is 19.7 Å². The van der Waals surface area contributed by atoms with E-state index in [1.54, 1.807) is 0 Å². The first-order chi connectivity index (χ1) is 9.61. The largest absolute Gasteiger partial charge is 0.388 e. The summed E-state index contributed by atoms with van der Waals surface area (Å²) in [6.45, 7) is 0. The molecule has 0 bridgehead atoms. The Bertz CT molecular complexity index is 798. The summed E-state index contributed by atoms with van der Waals surface area (Å²) in [6, 6.07) is 14.4. The van der Waals surface area contributed by atoms with Gasteiger partial charge in [-0.25, -0.2) is 0 Å². The summed E-state index contributed by atoms with van der Waals surface area (Å²) in [5.74, 6) is 0. The zero-order chi connectivity index (χ0) is 14.3. The molecule has 1 N–H and O–H groups in total. The molecule has 20 heavy (non-hydrogen) atoms. The highest BCUT2D eigenvalue weighted by molar-refractivity contribution is 9.11. The third-order valence-electron chi connectivity index (χ3n) is 3.41. The van der Waals surface area contributed by atoms with Gasteiger partial charge in [0.2, 0.25) is 0 Å². The van der Waals surface area contributed by atoms with Crippen molar-refractivity contribution >= 4 is 69.3 Å². The minimum atomic E-state index is -0.512. The van der Waals surface area contributed by atoms with Crippen LogP contribution in [0.4, 0.5) is 0 Å². The molecular weight excluding hydrogens is 448 g/mol. The quantitative estimate of drug-likeness (QED) is 0.372. The Kier molecular flexibility index (Phi) is 4.18. The summed E-state index contributed by atoms with van der Waals surface area (Å²) in [7, 11) is 0. The van der Waals surface area contributed by atoms with Crippen LogP contribution < -0.4 is 0 Å². The molecule has 0 aromatic heterocycles. The number of alkyl halides is 1. The van der Waals surface area contributed by atoms with E-state index in [2.05, 4.69) is 78.1 Å². The number of aliphatic hydroxyl groups is 1. The van der Waals surface area contributed by atoms with Gasteiger partial charge < -0.3 is 5.11 Å². The molecule has 0 aliphatic carbocycles. The van der Waals surface area contributed by atoms with E-state index in [9.17, 15) is 5.11 Å². The molecule has 4 heteroatoms. The molecule has 0 aliphatic heterocycles. The van der Waals surface area contributed by atoms with Crippen LogP contribution in [-0.4, -0.2) is 10.4 Å². The van der Waals surface area contributed by atoms with Crippen LogP contribution in [0.25, 0.3) is 21.5 Å². The second kappa shape index (κ2) is 5.76. The van der Waals surface area contributed by atoms with Gasteiger partial charge in [0.25, 0.3) is 0 Å². The SMILES string of the molecule is O[C@H](CBr)c1cc2cc(Br)cc(Br)c2c2ccccc12. The molecule has 3 aromatic carbocycles. The second-order valence-corrected chi connectivity index (χ2v) is 7.08. The Labute approximate surface area is 142 Å². The van der Waals surface area contributed by atoms with Crippen LogP contribution in [0.5, 0.6) is 0 Å². The minimum absolute atomic E-state index is 0.512. The van der Waals surface area contributed by atoms with Crippen LogP contribution in [0.3, 0.4) is 0 Å². The summed E-state index contributed by atoms with van der Waals surface area (Å²) < 4.78 is 2.07. The van der Waals surface area contributed by atoms with E-state index in [-0.39, 0.29) is 0 Å². The average molecular weight is 459 g/mol. The van der Waals surface area contributed by atoms with Crippen LogP contribution in [-0.2, 0) is 0 Å². The van der Waals surface area contributed by atoms with Crippen LogP contribution in [0.15, 0.2) is 51.4 Å². The van der Waals surface area contributed by atoms with Crippen LogP contribution >= 0.6 is 47.8 Å². The predicted octanol–water partition coefficient (Wildman–Crippen LogP) is 5.95. The predicted molar refractivity (Wildman–Crippen MR) is 95.6 cm³/mol. The van der Waals surface area contributed by atoms with Gasteiger partial charge >= 0.3 is 0 Å². The van der Waals surface area contributed by atoms with Gasteiger partial charge in [-0.1, -0.05) is 72.1 Å². The highest BCUT2D eigenvalue weighted by atomic mass is 79.9. The summed E-state index contributed by atoms with van der Waals surface area (Å²) in [6.07, 6.45) is -0.512. The minimum Gasteiger partial charge on any atom is -0.388 e. The fourth-order valence-electron chi connectivity index (χ4n) is 2.55. The third kappa shape index (κ3) is 2.43. The van der Waals surface area contributed by atoms with E-state index in [1.165, 1.54) is 5.39 Å². The van der Waals surface area contributed by atoms with Crippen molar-refractivity contribution in [3.05, 3.63) is 57.0 Å². The standard InChI is InChI=1S/C16H11Br3O/c17-8-15(20)13-6-9-5-10(18)7-14(19)16(9)12-4-2-1-3-11(12)13/h1-7,15,20H,8H2/t15-/m1/s1. The molecule has 1 nitrogen and oxygen atoms in total. The van der Waals surface area contributed by atoms with Crippen LogP contribution in [0.1, 0.15) is 11.7 Å². The Morgan fingerprint density at radius 2 is 1.70 bits per heavy atom. The van der Waals surface area contributed by atoms with E-state index < -0.39 is 6.10 Å². The van der Waals surface area contributed by atoms with Gasteiger partial charge in [-0.2, -0.15) is 0 Å². The number of benzene rings is 3. The zero-order valence-electron chi connectivity index (χ0n) is 10.4. The van der Waals surface area contributed by atoms with E-state index >= 15 is 0 Å². The smallest absolute Gasteiger partial charge is 0.0893 e. The highest BCUT2D eigenvalue weighted by Gasteiger charge is 2.14.